The third kappa shape index (κ3) is 1.63. The molecule has 1 heterocycles. The molecule has 0 amide bonds. The van der Waals surface area contributed by atoms with Crippen LogP contribution < -0.4 is 5.73 Å². The van der Waals surface area contributed by atoms with E-state index in [1.54, 1.807) is 6.20 Å². The Morgan fingerprint density at radius 2 is 2.21 bits per heavy atom. The van der Waals surface area contributed by atoms with E-state index in [0.717, 1.165) is 15.4 Å². The van der Waals surface area contributed by atoms with E-state index in [0.29, 0.717) is 5.82 Å². The molecule has 0 spiro atoms. The molecule has 0 aliphatic carbocycles. The largest absolute Gasteiger partial charge is 0.322 e. The zero-order valence-electron chi connectivity index (χ0n) is 7.74. The van der Waals surface area contributed by atoms with E-state index in [4.69, 9.17) is 5.73 Å². The Labute approximate surface area is 90.5 Å². The molecule has 1 unspecified atom stereocenters. The second-order valence-electron chi connectivity index (χ2n) is 3.19. The van der Waals surface area contributed by atoms with Gasteiger partial charge in [-0.25, -0.2) is 9.97 Å². The first-order valence-electron chi connectivity index (χ1n) is 4.35. The summed E-state index contributed by atoms with van der Waals surface area (Å²) >= 11 is 3.45. The summed E-state index contributed by atoms with van der Waals surface area (Å²) < 4.78 is 0.972. The molecule has 3 nitrogen and oxygen atoms in total. The molecule has 0 fully saturated rings. The van der Waals surface area contributed by atoms with Gasteiger partial charge in [-0.2, -0.15) is 0 Å². The predicted octanol–water partition coefficient (Wildman–Crippen LogP) is 2.41. The van der Waals surface area contributed by atoms with Crippen LogP contribution in [-0.2, 0) is 0 Å². The van der Waals surface area contributed by atoms with E-state index >= 15 is 0 Å². The summed E-state index contributed by atoms with van der Waals surface area (Å²) in [4.78, 5) is 8.58. The van der Waals surface area contributed by atoms with Crippen LogP contribution in [0.25, 0.3) is 10.9 Å². The van der Waals surface area contributed by atoms with Crippen LogP contribution in [0.3, 0.4) is 0 Å². The molecule has 0 saturated carbocycles. The number of nitrogens with two attached hydrogens (primary N) is 1. The minimum atomic E-state index is -0.133. The lowest BCUT2D eigenvalue weighted by atomic mass is 10.2. The number of nitrogens with zero attached hydrogens (tertiary/aromatic N) is 2. The van der Waals surface area contributed by atoms with Crippen molar-refractivity contribution in [1.82, 2.24) is 9.97 Å². The van der Waals surface area contributed by atoms with Gasteiger partial charge in [0.1, 0.15) is 5.82 Å². The van der Waals surface area contributed by atoms with Crippen LogP contribution in [0.5, 0.6) is 0 Å². The number of fused-ring (bicyclic) bond motifs is 1. The molecule has 2 aromatic rings. The summed E-state index contributed by atoms with van der Waals surface area (Å²) in [7, 11) is 0. The molecule has 0 saturated heterocycles. The van der Waals surface area contributed by atoms with Crippen molar-refractivity contribution in [2.75, 3.05) is 0 Å². The Kier molecular flexibility index (Phi) is 2.48. The molecule has 0 aliphatic heterocycles. The molecule has 72 valence electrons. The fraction of sp³-hybridized carbons (Fsp3) is 0.200. The third-order valence-electron chi connectivity index (χ3n) is 1.99. The summed E-state index contributed by atoms with van der Waals surface area (Å²) in [6.07, 6.45) is 1.80. The first kappa shape index (κ1) is 9.55. The number of rotatable bonds is 1. The van der Waals surface area contributed by atoms with Crippen LogP contribution in [0.2, 0.25) is 0 Å². The van der Waals surface area contributed by atoms with Gasteiger partial charge < -0.3 is 5.73 Å². The molecule has 1 aromatic carbocycles. The van der Waals surface area contributed by atoms with Gasteiger partial charge in [-0.15, -0.1) is 0 Å². The fourth-order valence-corrected chi connectivity index (χ4v) is 1.72. The molecule has 4 heteroatoms. The maximum Gasteiger partial charge on any atom is 0.145 e. The van der Waals surface area contributed by atoms with Crippen molar-refractivity contribution >= 4 is 26.8 Å². The summed E-state index contributed by atoms with van der Waals surface area (Å²) in [5, 5.41) is 1.02. The van der Waals surface area contributed by atoms with Crippen LogP contribution in [-0.4, -0.2) is 9.97 Å². The van der Waals surface area contributed by atoms with Gasteiger partial charge in [0.15, 0.2) is 0 Å². The average molecular weight is 252 g/mol. The van der Waals surface area contributed by atoms with Crippen LogP contribution in [0.1, 0.15) is 18.8 Å². The Bertz CT molecular complexity index is 468. The highest BCUT2D eigenvalue weighted by Gasteiger charge is 2.05. The van der Waals surface area contributed by atoms with Crippen molar-refractivity contribution < 1.29 is 0 Å². The number of benzene rings is 1. The van der Waals surface area contributed by atoms with Crippen molar-refractivity contribution in [3.63, 3.8) is 0 Å². The SMILES string of the molecule is CC(N)c1ncc2cccc(Br)c2n1. The smallest absolute Gasteiger partial charge is 0.145 e. The monoisotopic (exact) mass is 251 g/mol. The molecule has 0 radical (unpaired) electrons. The molecule has 2 rings (SSSR count). The molecule has 1 aromatic heterocycles. The number of hydrogen-bond acceptors (Lipinski definition) is 3. The molecular weight excluding hydrogens is 242 g/mol. The van der Waals surface area contributed by atoms with Crippen LogP contribution >= 0.6 is 15.9 Å². The predicted molar refractivity (Wildman–Crippen MR) is 59.8 cm³/mol. The van der Waals surface area contributed by atoms with Gasteiger partial charge in [-0.1, -0.05) is 12.1 Å². The lowest BCUT2D eigenvalue weighted by Gasteiger charge is -2.05. The summed E-state index contributed by atoms with van der Waals surface area (Å²) in [6, 6.07) is 5.76. The van der Waals surface area contributed by atoms with Gasteiger partial charge in [0.25, 0.3) is 0 Å². The van der Waals surface area contributed by atoms with Crippen LogP contribution in [0.15, 0.2) is 28.9 Å². The second kappa shape index (κ2) is 3.63. The molecule has 1 atom stereocenters. The second-order valence-corrected chi connectivity index (χ2v) is 4.05. The highest BCUT2D eigenvalue weighted by molar-refractivity contribution is 9.10. The van der Waals surface area contributed by atoms with Crippen molar-refractivity contribution in [3.05, 3.63) is 34.7 Å². The number of halogens is 1. The van der Waals surface area contributed by atoms with E-state index in [1.165, 1.54) is 0 Å². The normalized spacial score (nSPS) is 13.1. The lowest BCUT2D eigenvalue weighted by Crippen LogP contribution is -2.09. The van der Waals surface area contributed by atoms with Gasteiger partial charge >= 0.3 is 0 Å². The Balaban J connectivity index is 2.70. The molecule has 2 N–H and O–H groups in total. The van der Waals surface area contributed by atoms with Gasteiger partial charge in [0, 0.05) is 16.1 Å². The zero-order valence-corrected chi connectivity index (χ0v) is 9.32. The van der Waals surface area contributed by atoms with E-state index in [2.05, 4.69) is 25.9 Å². The Morgan fingerprint density at radius 1 is 1.43 bits per heavy atom. The molecule has 0 aliphatic rings. The summed E-state index contributed by atoms with van der Waals surface area (Å²) in [6.45, 7) is 1.87. The van der Waals surface area contributed by atoms with Crippen molar-refractivity contribution in [2.45, 2.75) is 13.0 Å². The van der Waals surface area contributed by atoms with Crippen LogP contribution in [0, 0.1) is 0 Å². The molecular formula is C10H10BrN3. The van der Waals surface area contributed by atoms with Gasteiger partial charge in [0.05, 0.1) is 11.6 Å². The maximum atomic E-state index is 5.71. The number of para-hydroxylation sites is 1. The van der Waals surface area contributed by atoms with E-state index in [9.17, 15) is 0 Å². The quantitative estimate of drug-likeness (QED) is 0.847. The third-order valence-corrected chi connectivity index (χ3v) is 2.63. The highest BCUT2D eigenvalue weighted by Crippen LogP contribution is 2.21. The molecule has 14 heavy (non-hydrogen) atoms. The van der Waals surface area contributed by atoms with Crippen LogP contribution in [0.4, 0.5) is 0 Å². The van der Waals surface area contributed by atoms with Crippen molar-refractivity contribution in [3.8, 4) is 0 Å². The van der Waals surface area contributed by atoms with Gasteiger partial charge in [-0.3, -0.25) is 0 Å². The average Bonchev–Trinajstić information content (AvgIpc) is 2.18. The van der Waals surface area contributed by atoms with E-state index < -0.39 is 0 Å². The summed E-state index contributed by atoms with van der Waals surface area (Å²) in [5.74, 6) is 0.671. The maximum absolute atomic E-state index is 5.71. The van der Waals surface area contributed by atoms with Crippen molar-refractivity contribution in [2.24, 2.45) is 5.73 Å². The Morgan fingerprint density at radius 3 is 2.93 bits per heavy atom. The standard InChI is InChI=1S/C10H10BrN3/c1-6(12)10-13-5-7-3-2-4-8(11)9(7)14-10/h2-6H,12H2,1H3. The minimum absolute atomic E-state index is 0.133. The zero-order chi connectivity index (χ0) is 10.1. The lowest BCUT2D eigenvalue weighted by molar-refractivity contribution is 0.746. The van der Waals surface area contributed by atoms with E-state index in [-0.39, 0.29) is 6.04 Å². The molecule has 0 bridgehead atoms. The van der Waals surface area contributed by atoms with Gasteiger partial charge in [0.2, 0.25) is 0 Å². The fourth-order valence-electron chi connectivity index (χ4n) is 1.25. The first-order chi connectivity index (χ1) is 6.68. The first-order valence-corrected chi connectivity index (χ1v) is 5.14. The highest BCUT2D eigenvalue weighted by atomic mass is 79.9. The van der Waals surface area contributed by atoms with E-state index in [1.807, 2.05) is 25.1 Å². The minimum Gasteiger partial charge on any atom is -0.322 e. The topological polar surface area (TPSA) is 51.8 Å². The summed E-state index contributed by atoms with van der Waals surface area (Å²) in [5.41, 5.74) is 6.63. The Hall–Kier alpha value is -1.00. The number of hydrogen-bond donors (Lipinski definition) is 1. The number of aromatic nitrogens is 2. The van der Waals surface area contributed by atoms with Crippen molar-refractivity contribution in [1.29, 1.82) is 0 Å². The van der Waals surface area contributed by atoms with Gasteiger partial charge in [-0.05, 0) is 28.9 Å².